The third kappa shape index (κ3) is 10.4. The molecule has 0 aliphatic carbocycles. The van der Waals surface area contributed by atoms with Gasteiger partial charge in [-0.15, -0.1) is 0 Å². The second-order valence-corrected chi connectivity index (χ2v) is 30.6. The molecule has 2 aromatic heterocycles. The molecule has 13 rings (SSSR count). The second kappa shape index (κ2) is 19.9. The molecule has 424 valence electrons. The monoisotopic (exact) mass is 1100 g/mol. The standard InChI is InChI=1S/C79H85BN4/c1-75(2,3)46-51-26-34-66-60(38-51)61-39-52(47-76(4,5)6)27-35-67(61)83(66)58-30-32-64-70(44-58)81(56-22-18-16-19-23-56)72-42-55(50-79(13,14)15)43-73-74(72)80(64)65-33-31-59(45-71(65)82(73)57-24-20-17-21-25-57)84-68-36-28-53(48-77(7,8)9)40-62(68)63-41-54(29-37-69(63)84)49-78(10,11)12/h16-45H,46-50H2,1-15H3/i50D2. The molecule has 11 aromatic rings. The summed E-state index contributed by atoms with van der Waals surface area (Å²) >= 11 is 0. The Morgan fingerprint density at radius 1 is 0.310 bits per heavy atom. The van der Waals surface area contributed by atoms with Crippen molar-refractivity contribution >= 4 is 101 Å². The average Bonchev–Trinajstić information content (AvgIpc) is 0.786. The molecule has 0 N–H and O–H groups in total. The van der Waals surface area contributed by atoms with E-state index in [1.165, 1.54) is 76.8 Å². The van der Waals surface area contributed by atoms with Crippen LogP contribution < -0.4 is 26.2 Å². The Bertz CT molecular complexity index is 4060. The van der Waals surface area contributed by atoms with Crippen LogP contribution in [0.4, 0.5) is 34.1 Å². The summed E-state index contributed by atoms with van der Waals surface area (Å²) in [5.74, 6) is 0. The number of hydrogen-bond donors (Lipinski definition) is 0. The van der Waals surface area contributed by atoms with E-state index in [4.69, 9.17) is 0 Å². The van der Waals surface area contributed by atoms with Gasteiger partial charge < -0.3 is 18.9 Å². The first-order valence-electron chi connectivity index (χ1n) is 31.8. The van der Waals surface area contributed by atoms with Crippen molar-refractivity contribution in [3.8, 4) is 11.4 Å². The SMILES string of the molecule is [2H]C([2H])(c1cc2c3c(c1)N(c1ccccc1)c1cc(-n4c5ccc(CC(C)(C)C)cc5c5cc(CC(C)(C)C)ccc54)ccc1B3c1ccc(-n3c4ccc(CC(C)(C)C)cc4c4cc(CC(C)(C)C)ccc43)cc1N2c1ccccc1)C(C)(C)C. The lowest BCUT2D eigenvalue weighted by Gasteiger charge is -2.45. The highest BCUT2D eigenvalue weighted by molar-refractivity contribution is 7.00. The maximum atomic E-state index is 10.1. The van der Waals surface area contributed by atoms with E-state index in [0.29, 0.717) is 5.56 Å². The molecule has 4 heterocycles. The van der Waals surface area contributed by atoms with E-state index in [1.807, 2.05) is 20.8 Å². The van der Waals surface area contributed by atoms with Gasteiger partial charge in [-0.25, -0.2) is 0 Å². The van der Waals surface area contributed by atoms with Gasteiger partial charge in [-0.1, -0.05) is 177 Å². The molecule has 5 heteroatoms. The molecule has 0 fully saturated rings. The van der Waals surface area contributed by atoms with Crippen molar-refractivity contribution in [2.24, 2.45) is 27.1 Å². The molecule has 0 radical (unpaired) electrons. The van der Waals surface area contributed by atoms with Gasteiger partial charge in [-0.05, 0) is 213 Å². The third-order valence-electron chi connectivity index (χ3n) is 16.8. The topological polar surface area (TPSA) is 16.3 Å². The van der Waals surface area contributed by atoms with Crippen LogP contribution in [0.25, 0.3) is 55.0 Å². The molecule has 0 bridgehead atoms. The van der Waals surface area contributed by atoms with Crippen LogP contribution in [0.1, 0.15) is 134 Å². The van der Waals surface area contributed by atoms with Gasteiger partial charge in [0.2, 0.25) is 0 Å². The number of para-hydroxylation sites is 2. The Labute approximate surface area is 504 Å². The molecule has 4 nitrogen and oxygen atoms in total. The molecule has 84 heavy (non-hydrogen) atoms. The zero-order valence-electron chi connectivity index (χ0n) is 54.5. The highest BCUT2D eigenvalue weighted by atomic mass is 15.2. The first-order chi connectivity index (χ1) is 40.5. The van der Waals surface area contributed by atoms with E-state index < -0.39 is 11.8 Å². The van der Waals surface area contributed by atoms with E-state index in [1.54, 1.807) is 0 Å². The van der Waals surface area contributed by atoms with Crippen molar-refractivity contribution in [2.75, 3.05) is 9.80 Å². The van der Waals surface area contributed by atoms with E-state index in [9.17, 15) is 2.74 Å². The normalized spacial score (nSPS) is 14.3. The van der Waals surface area contributed by atoms with Crippen molar-refractivity contribution < 1.29 is 2.74 Å². The Balaban J connectivity index is 1.09. The highest BCUT2D eigenvalue weighted by Gasteiger charge is 2.44. The van der Waals surface area contributed by atoms with Gasteiger partial charge in [0, 0.05) is 69.8 Å². The molecule has 0 unspecified atom stereocenters. The predicted octanol–water partition coefficient (Wildman–Crippen LogP) is 19.9. The summed E-state index contributed by atoms with van der Waals surface area (Å²) in [6.07, 6.45) is 2.23. The van der Waals surface area contributed by atoms with Crippen molar-refractivity contribution in [1.82, 2.24) is 9.13 Å². The molecule has 0 saturated heterocycles. The molecule has 9 aromatic carbocycles. The summed E-state index contributed by atoms with van der Waals surface area (Å²) in [5.41, 5.74) is 22.5. The lowest BCUT2D eigenvalue weighted by molar-refractivity contribution is 0.411. The Morgan fingerprint density at radius 3 is 0.929 bits per heavy atom. The van der Waals surface area contributed by atoms with Gasteiger partial charge in [0.1, 0.15) is 0 Å². The smallest absolute Gasteiger partial charge is 0.252 e. The van der Waals surface area contributed by atoms with Gasteiger partial charge in [0.05, 0.1) is 22.1 Å². The van der Waals surface area contributed by atoms with Crippen LogP contribution in [0.2, 0.25) is 0 Å². The summed E-state index contributed by atoms with van der Waals surface area (Å²) < 4.78 is 25.3. The molecular formula is C79H85BN4. The number of rotatable bonds is 9. The quantitative estimate of drug-likeness (QED) is 0.134. The average molecular weight is 1100 g/mol. The molecule has 2 aliphatic heterocycles. The van der Waals surface area contributed by atoms with Crippen LogP contribution >= 0.6 is 0 Å². The fourth-order valence-corrected chi connectivity index (χ4v) is 14.1. The van der Waals surface area contributed by atoms with E-state index in [0.717, 1.165) is 76.6 Å². The summed E-state index contributed by atoms with van der Waals surface area (Å²) in [5, 5.41) is 5.10. The zero-order chi connectivity index (χ0) is 60.8. The third-order valence-corrected chi connectivity index (χ3v) is 16.8. The molecule has 0 spiro atoms. The van der Waals surface area contributed by atoms with Crippen LogP contribution in [0, 0.1) is 27.1 Å². The predicted molar refractivity (Wildman–Crippen MR) is 365 cm³/mol. The van der Waals surface area contributed by atoms with Crippen LogP contribution in [-0.2, 0) is 32.1 Å². The first-order valence-corrected chi connectivity index (χ1v) is 30.8. The van der Waals surface area contributed by atoms with Gasteiger partial charge in [-0.2, -0.15) is 0 Å². The minimum absolute atomic E-state index is 0.139. The minimum Gasteiger partial charge on any atom is -0.311 e. The fourth-order valence-electron chi connectivity index (χ4n) is 14.1. The summed E-state index contributed by atoms with van der Waals surface area (Å²) in [6, 6.07) is 69.0. The van der Waals surface area contributed by atoms with Crippen molar-refractivity contribution in [1.29, 1.82) is 0 Å². The van der Waals surface area contributed by atoms with Crippen LogP contribution in [-0.4, -0.2) is 15.8 Å². The Hall–Kier alpha value is -7.76. The van der Waals surface area contributed by atoms with Crippen LogP contribution in [0.3, 0.4) is 0 Å². The van der Waals surface area contributed by atoms with E-state index in [-0.39, 0.29) is 28.4 Å². The van der Waals surface area contributed by atoms with Crippen molar-refractivity contribution in [3.05, 3.63) is 210 Å². The molecule has 0 amide bonds. The Morgan fingerprint density at radius 2 is 0.631 bits per heavy atom. The highest BCUT2D eigenvalue weighted by Crippen LogP contribution is 2.48. The van der Waals surface area contributed by atoms with E-state index >= 15 is 0 Å². The largest absolute Gasteiger partial charge is 0.311 e. The summed E-state index contributed by atoms with van der Waals surface area (Å²) in [6.45, 7) is 33.8. The maximum absolute atomic E-state index is 10.1. The molecule has 2 aliphatic rings. The number of benzene rings is 9. The number of anilines is 6. The van der Waals surface area contributed by atoms with Gasteiger partial charge in [0.15, 0.2) is 0 Å². The van der Waals surface area contributed by atoms with Crippen molar-refractivity contribution in [3.63, 3.8) is 0 Å². The van der Waals surface area contributed by atoms with Crippen molar-refractivity contribution in [2.45, 2.75) is 136 Å². The first kappa shape index (κ1) is 53.0. The maximum Gasteiger partial charge on any atom is 0.252 e. The van der Waals surface area contributed by atoms with Crippen LogP contribution in [0.5, 0.6) is 0 Å². The number of hydrogen-bond acceptors (Lipinski definition) is 2. The Kier molecular flexibility index (Phi) is 12.6. The number of nitrogens with zero attached hydrogens (tertiary/aromatic N) is 4. The lowest BCUT2D eigenvalue weighted by Crippen LogP contribution is -2.61. The molecule has 0 saturated carbocycles. The van der Waals surface area contributed by atoms with E-state index in [2.05, 4.69) is 284 Å². The number of fused-ring (bicyclic) bond motifs is 10. The van der Waals surface area contributed by atoms with Gasteiger partial charge in [-0.3, -0.25) is 0 Å². The molecular weight excluding hydrogens is 1020 g/mol. The minimum atomic E-state index is -1.72. The van der Waals surface area contributed by atoms with Gasteiger partial charge in [0.25, 0.3) is 6.71 Å². The fraction of sp³-hybridized carbons (Fsp3) is 0.316. The van der Waals surface area contributed by atoms with Crippen LogP contribution in [0.15, 0.2) is 182 Å². The zero-order valence-corrected chi connectivity index (χ0v) is 52.5. The summed E-state index contributed by atoms with van der Waals surface area (Å²) in [7, 11) is 0. The molecule has 0 atom stereocenters. The lowest BCUT2D eigenvalue weighted by atomic mass is 9.33. The van der Waals surface area contributed by atoms with Gasteiger partial charge >= 0.3 is 0 Å². The summed E-state index contributed by atoms with van der Waals surface area (Å²) in [4.78, 5) is 4.88. The second-order valence-electron chi connectivity index (χ2n) is 30.6. The number of aromatic nitrogens is 2.